The molecule has 1 aliphatic heterocycles. The number of nitrogen functional groups attached to an aromatic ring is 1. The Kier molecular flexibility index (Phi) is 3.13. The van der Waals surface area contributed by atoms with E-state index in [1.54, 1.807) is 0 Å². The van der Waals surface area contributed by atoms with Crippen LogP contribution < -0.4 is 16.6 Å². The summed E-state index contributed by atoms with van der Waals surface area (Å²) in [5.74, 6) is -1.94. The number of nitrogens with two attached hydrogens (primary N) is 1. The molecule has 0 atom stereocenters. The third-order valence-corrected chi connectivity index (χ3v) is 3.98. The van der Waals surface area contributed by atoms with E-state index < -0.39 is 23.2 Å². The molecular formula is C14H9BrFN3O3. The van der Waals surface area contributed by atoms with Gasteiger partial charge in [0.1, 0.15) is 11.6 Å². The molecule has 2 amide bonds. The minimum Gasteiger partial charge on any atom is -0.384 e. The summed E-state index contributed by atoms with van der Waals surface area (Å²) in [7, 11) is 0. The van der Waals surface area contributed by atoms with E-state index in [0.717, 1.165) is 10.6 Å². The number of amides is 2. The van der Waals surface area contributed by atoms with Crippen LogP contribution in [0, 0.1) is 12.7 Å². The summed E-state index contributed by atoms with van der Waals surface area (Å²) in [6.45, 7) is 1.54. The largest absolute Gasteiger partial charge is 0.384 e. The van der Waals surface area contributed by atoms with E-state index in [0.29, 0.717) is 11.3 Å². The molecular weight excluding hydrogens is 357 g/mol. The number of fused-ring (bicyclic) bond motifs is 1. The molecule has 0 bridgehead atoms. The van der Waals surface area contributed by atoms with Crippen molar-refractivity contribution in [3.63, 3.8) is 0 Å². The van der Waals surface area contributed by atoms with Crippen molar-refractivity contribution in [3.8, 4) is 5.69 Å². The maximum atomic E-state index is 13.7. The van der Waals surface area contributed by atoms with Gasteiger partial charge in [0.2, 0.25) is 0 Å². The number of aryl methyl sites for hydroxylation is 1. The number of hydrogen-bond acceptors (Lipinski definition) is 4. The van der Waals surface area contributed by atoms with Gasteiger partial charge in [-0.1, -0.05) is 0 Å². The maximum Gasteiger partial charge on any atom is 0.262 e. The van der Waals surface area contributed by atoms with Gasteiger partial charge in [-0.25, -0.2) is 4.39 Å². The number of nitrogens with one attached hydrogen (secondary N) is 1. The van der Waals surface area contributed by atoms with Crippen LogP contribution in [0.5, 0.6) is 0 Å². The van der Waals surface area contributed by atoms with E-state index in [1.165, 1.54) is 19.1 Å². The second-order valence-electron chi connectivity index (χ2n) is 4.83. The molecule has 22 heavy (non-hydrogen) atoms. The van der Waals surface area contributed by atoms with E-state index in [4.69, 9.17) is 5.73 Å². The number of aromatic nitrogens is 1. The molecule has 6 nitrogen and oxygen atoms in total. The highest BCUT2D eigenvalue weighted by molar-refractivity contribution is 9.10. The first kappa shape index (κ1) is 14.5. The van der Waals surface area contributed by atoms with Crippen LogP contribution in [0.1, 0.15) is 26.3 Å². The average Bonchev–Trinajstić information content (AvgIpc) is 2.71. The van der Waals surface area contributed by atoms with Crippen molar-refractivity contribution >= 4 is 33.6 Å². The van der Waals surface area contributed by atoms with Crippen molar-refractivity contribution in [1.82, 2.24) is 9.88 Å². The molecule has 3 N–H and O–H groups in total. The van der Waals surface area contributed by atoms with Crippen molar-refractivity contribution in [3.05, 3.63) is 55.5 Å². The number of anilines is 1. The maximum absolute atomic E-state index is 13.7. The second-order valence-corrected chi connectivity index (χ2v) is 5.69. The highest BCUT2D eigenvalue weighted by atomic mass is 79.9. The van der Waals surface area contributed by atoms with Crippen LogP contribution in [0.15, 0.2) is 27.5 Å². The first-order valence-corrected chi connectivity index (χ1v) is 6.97. The van der Waals surface area contributed by atoms with E-state index >= 15 is 0 Å². The van der Waals surface area contributed by atoms with E-state index in [-0.39, 0.29) is 21.4 Å². The lowest BCUT2D eigenvalue weighted by atomic mass is 10.1. The zero-order valence-corrected chi connectivity index (χ0v) is 12.8. The zero-order valence-electron chi connectivity index (χ0n) is 11.2. The summed E-state index contributed by atoms with van der Waals surface area (Å²) in [6, 6.07) is 3.85. The number of carbonyl (C=O) groups is 2. The zero-order chi connectivity index (χ0) is 16.2. The number of halogens is 2. The van der Waals surface area contributed by atoms with Crippen LogP contribution in [0.4, 0.5) is 10.2 Å². The summed E-state index contributed by atoms with van der Waals surface area (Å²) in [5.41, 5.74) is 5.81. The Bertz CT molecular complexity index is 897. The fraction of sp³-hybridized carbons (Fsp3) is 0.0714. The van der Waals surface area contributed by atoms with Gasteiger partial charge < -0.3 is 5.73 Å². The predicted octanol–water partition coefficient (Wildman–Crippen LogP) is 1.51. The lowest BCUT2D eigenvalue weighted by molar-refractivity contribution is 0.0880. The summed E-state index contributed by atoms with van der Waals surface area (Å²) >= 11 is 3.06. The molecule has 2 aromatic rings. The number of nitrogens with zero attached hydrogens (tertiary/aromatic N) is 1. The van der Waals surface area contributed by atoms with Crippen LogP contribution in [0.3, 0.4) is 0 Å². The summed E-state index contributed by atoms with van der Waals surface area (Å²) < 4.78 is 14.9. The minimum absolute atomic E-state index is 0.0531. The van der Waals surface area contributed by atoms with Gasteiger partial charge in [0.15, 0.2) is 0 Å². The molecule has 0 unspecified atom stereocenters. The Hall–Kier alpha value is -2.48. The number of carbonyl (C=O) groups excluding carboxylic acids is 2. The molecule has 0 spiro atoms. The fourth-order valence-electron chi connectivity index (χ4n) is 2.38. The van der Waals surface area contributed by atoms with Crippen LogP contribution in [0.2, 0.25) is 0 Å². The van der Waals surface area contributed by atoms with Crippen LogP contribution >= 0.6 is 15.9 Å². The van der Waals surface area contributed by atoms with Crippen LogP contribution in [-0.2, 0) is 0 Å². The van der Waals surface area contributed by atoms with Crippen molar-refractivity contribution in [1.29, 1.82) is 0 Å². The molecule has 0 radical (unpaired) electrons. The third kappa shape index (κ3) is 1.95. The van der Waals surface area contributed by atoms with Gasteiger partial charge in [0.25, 0.3) is 17.4 Å². The average molecular weight is 366 g/mol. The third-order valence-electron chi connectivity index (χ3n) is 3.41. The minimum atomic E-state index is -0.663. The van der Waals surface area contributed by atoms with Gasteiger partial charge in [-0.2, -0.15) is 0 Å². The molecule has 1 aromatic carbocycles. The number of benzene rings is 1. The number of imide groups is 1. The smallest absolute Gasteiger partial charge is 0.262 e. The summed E-state index contributed by atoms with van der Waals surface area (Å²) in [4.78, 5) is 35.6. The molecule has 112 valence electrons. The van der Waals surface area contributed by atoms with Crippen LogP contribution in [0.25, 0.3) is 5.69 Å². The Morgan fingerprint density at radius 3 is 2.50 bits per heavy atom. The van der Waals surface area contributed by atoms with E-state index in [9.17, 15) is 18.8 Å². The lowest BCUT2D eigenvalue weighted by Gasteiger charge is -2.13. The van der Waals surface area contributed by atoms with Crippen molar-refractivity contribution in [2.75, 3.05) is 5.73 Å². The molecule has 0 fully saturated rings. The molecule has 2 heterocycles. The molecule has 0 aliphatic carbocycles. The Balaban J connectivity index is 2.35. The standard InChI is InChI=1S/C14H9BrFN3O3/c1-5-2-6(3-8(15)11(5)16)19-9(20)4-7-10(12(19)17)14(22)18-13(7)21/h2-4H,17H2,1H3,(H,18,21,22). The van der Waals surface area contributed by atoms with Gasteiger partial charge >= 0.3 is 0 Å². The first-order valence-electron chi connectivity index (χ1n) is 6.18. The van der Waals surface area contributed by atoms with Gasteiger partial charge in [0, 0.05) is 6.07 Å². The molecule has 1 aromatic heterocycles. The Morgan fingerprint density at radius 2 is 1.86 bits per heavy atom. The number of pyridine rings is 1. The highest BCUT2D eigenvalue weighted by Gasteiger charge is 2.31. The van der Waals surface area contributed by atoms with E-state index in [2.05, 4.69) is 21.2 Å². The molecule has 0 saturated carbocycles. The predicted molar refractivity (Wildman–Crippen MR) is 80.6 cm³/mol. The summed E-state index contributed by atoms with van der Waals surface area (Å²) in [5, 5.41) is 2.08. The van der Waals surface area contributed by atoms with Gasteiger partial charge in [-0.15, -0.1) is 0 Å². The molecule has 0 saturated heterocycles. The Morgan fingerprint density at radius 1 is 1.18 bits per heavy atom. The van der Waals surface area contributed by atoms with Crippen LogP contribution in [-0.4, -0.2) is 16.4 Å². The van der Waals surface area contributed by atoms with E-state index in [1.807, 2.05) is 0 Å². The summed E-state index contributed by atoms with van der Waals surface area (Å²) in [6.07, 6.45) is 0. The number of rotatable bonds is 1. The van der Waals surface area contributed by atoms with Crippen molar-refractivity contribution in [2.45, 2.75) is 6.92 Å². The lowest BCUT2D eigenvalue weighted by Crippen LogP contribution is -2.24. The quantitative estimate of drug-likeness (QED) is 0.749. The monoisotopic (exact) mass is 365 g/mol. The van der Waals surface area contributed by atoms with Gasteiger partial charge in [-0.05, 0) is 40.5 Å². The fourth-order valence-corrected chi connectivity index (χ4v) is 2.93. The SMILES string of the molecule is Cc1cc(-n2c(N)c3c(cc2=O)C(=O)NC3=O)cc(Br)c1F. The Labute approximate surface area is 131 Å². The van der Waals surface area contributed by atoms with Crippen molar-refractivity contribution in [2.24, 2.45) is 0 Å². The second kappa shape index (κ2) is 4.77. The molecule has 8 heteroatoms. The highest BCUT2D eigenvalue weighted by Crippen LogP contribution is 2.26. The van der Waals surface area contributed by atoms with Crippen molar-refractivity contribution < 1.29 is 14.0 Å². The molecule has 1 aliphatic rings. The molecule has 3 rings (SSSR count). The normalized spacial score (nSPS) is 13.2. The number of hydrogen-bond donors (Lipinski definition) is 2. The van der Waals surface area contributed by atoms with Gasteiger partial charge in [-0.3, -0.25) is 24.3 Å². The first-order chi connectivity index (χ1) is 10.3. The van der Waals surface area contributed by atoms with Gasteiger partial charge in [0.05, 0.1) is 21.3 Å². The topological polar surface area (TPSA) is 94.2 Å².